The second kappa shape index (κ2) is 6.56. The Hall–Kier alpha value is -2.48. The Morgan fingerprint density at radius 2 is 1.50 bits per heavy atom. The zero-order valence-corrected chi connectivity index (χ0v) is 14.9. The Bertz CT molecular complexity index is 959. The van der Waals surface area contributed by atoms with E-state index in [4.69, 9.17) is 9.15 Å². The van der Waals surface area contributed by atoms with E-state index in [1.54, 1.807) is 7.11 Å². The molecule has 3 heteroatoms. The average molecular weight is 379 g/mol. The molecular formula is C21H16O2Se. The van der Waals surface area contributed by atoms with Crippen LogP contribution in [0.25, 0.3) is 22.3 Å². The van der Waals surface area contributed by atoms with Gasteiger partial charge in [0.1, 0.15) is 0 Å². The Balaban J connectivity index is 1.96. The van der Waals surface area contributed by atoms with Gasteiger partial charge in [-0.2, -0.15) is 0 Å². The van der Waals surface area contributed by atoms with E-state index in [-0.39, 0.29) is 15.0 Å². The maximum absolute atomic E-state index is 6.24. The fourth-order valence-corrected chi connectivity index (χ4v) is 5.02. The first-order valence-corrected chi connectivity index (χ1v) is 9.46. The second-order valence-corrected chi connectivity index (χ2v) is 7.65. The van der Waals surface area contributed by atoms with Crippen molar-refractivity contribution in [2.45, 2.75) is 0 Å². The summed E-state index contributed by atoms with van der Waals surface area (Å²) in [6.45, 7) is 0. The number of methoxy groups -OCH3 is 1. The molecule has 4 aromatic rings. The van der Waals surface area contributed by atoms with Crippen LogP contribution >= 0.6 is 0 Å². The molecule has 24 heavy (non-hydrogen) atoms. The van der Waals surface area contributed by atoms with Crippen LogP contribution in [-0.4, -0.2) is 22.1 Å². The van der Waals surface area contributed by atoms with E-state index in [0.29, 0.717) is 0 Å². The third kappa shape index (κ3) is 2.73. The van der Waals surface area contributed by atoms with Crippen molar-refractivity contribution in [3.8, 4) is 17.1 Å². The van der Waals surface area contributed by atoms with Gasteiger partial charge in [0.25, 0.3) is 0 Å². The summed E-state index contributed by atoms with van der Waals surface area (Å²) in [6, 6.07) is 26.8. The summed E-state index contributed by atoms with van der Waals surface area (Å²) in [6.07, 6.45) is 0. The molecule has 4 rings (SSSR count). The number of fused-ring (bicyclic) bond motifs is 1. The first kappa shape index (κ1) is 15.1. The van der Waals surface area contributed by atoms with Gasteiger partial charge < -0.3 is 0 Å². The summed E-state index contributed by atoms with van der Waals surface area (Å²) in [5.74, 6) is 1.81. The average Bonchev–Trinajstić information content (AvgIpc) is 3.02. The van der Waals surface area contributed by atoms with Crippen LogP contribution in [0.5, 0.6) is 5.75 Å². The molecule has 3 aromatic carbocycles. The molecule has 0 aliphatic rings. The number of ether oxygens (including phenoxy) is 1. The SMILES string of the molecule is COc1cccc2oc(-c3ccccc3)c([Se]c3ccccc3)c12. The Kier molecular flexibility index (Phi) is 4.12. The van der Waals surface area contributed by atoms with Crippen LogP contribution in [0.3, 0.4) is 0 Å². The molecule has 0 saturated carbocycles. The quantitative estimate of drug-likeness (QED) is 0.504. The summed E-state index contributed by atoms with van der Waals surface area (Å²) in [7, 11) is 1.71. The molecule has 1 aromatic heterocycles. The summed E-state index contributed by atoms with van der Waals surface area (Å²) in [5.41, 5.74) is 1.98. The van der Waals surface area contributed by atoms with Crippen LogP contribution in [0, 0.1) is 0 Å². The van der Waals surface area contributed by atoms with E-state index in [2.05, 4.69) is 36.4 Å². The van der Waals surface area contributed by atoms with Gasteiger partial charge >= 0.3 is 147 Å². The minimum atomic E-state index is 0.131. The molecule has 0 bridgehead atoms. The van der Waals surface area contributed by atoms with E-state index in [0.717, 1.165) is 28.0 Å². The van der Waals surface area contributed by atoms with Crippen LogP contribution in [0.4, 0.5) is 0 Å². The molecule has 0 aliphatic carbocycles. The third-order valence-corrected chi connectivity index (χ3v) is 6.16. The van der Waals surface area contributed by atoms with Crippen molar-refractivity contribution >= 4 is 34.8 Å². The zero-order chi connectivity index (χ0) is 16.4. The Labute approximate surface area is 147 Å². The fraction of sp³-hybridized carbons (Fsp3) is 0.0476. The van der Waals surface area contributed by atoms with Crippen LogP contribution < -0.4 is 13.7 Å². The second-order valence-electron chi connectivity index (χ2n) is 5.37. The summed E-state index contributed by atoms with van der Waals surface area (Å²) in [4.78, 5) is 0. The molecule has 2 nitrogen and oxygen atoms in total. The first-order valence-electron chi connectivity index (χ1n) is 7.74. The molecule has 0 unspecified atom stereocenters. The van der Waals surface area contributed by atoms with Gasteiger partial charge in [-0.05, 0) is 0 Å². The number of rotatable bonds is 4. The standard InChI is InChI=1S/C21H16O2Se/c1-22-17-13-8-14-18-19(17)21(24-16-11-6-3-7-12-16)20(23-18)15-9-4-2-5-10-15/h2-14H,1H3. The topological polar surface area (TPSA) is 22.4 Å². The van der Waals surface area contributed by atoms with Crippen molar-refractivity contribution in [3.05, 3.63) is 78.9 Å². The summed E-state index contributed by atoms with van der Waals surface area (Å²) in [5, 5.41) is 1.09. The fourth-order valence-electron chi connectivity index (χ4n) is 2.74. The predicted molar refractivity (Wildman–Crippen MR) is 99.7 cm³/mol. The summed E-state index contributed by atoms with van der Waals surface area (Å²) < 4.78 is 14.4. The molecule has 0 spiro atoms. The maximum atomic E-state index is 6.24. The molecular weight excluding hydrogens is 363 g/mol. The molecule has 0 fully saturated rings. The molecule has 0 atom stereocenters. The number of hydrogen-bond donors (Lipinski definition) is 0. The summed E-state index contributed by atoms with van der Waals surface area (Å²) >= 11 is 0.131. The molecule has 0 aliphatic heterocycles. The van der Waals surface area contributed by atoms with Gasteiger partial charge in [0.15, 0.2) is 0 Å². The molecule has 0 amide bonds. The van der Waals surface area contributed by atoms with E-state index in [9.17, 15) is 0 Å². The van der Waals surface area contributed by atoms with Crippen molar-refractivity contribution in [3.63, 3.8) is 0 Å². The zero-order valence-electron chi connectivity index (χ0n) is 13.2. The van der Waals surface area contributed by atoms with Gasteiger partial charge in [0.2, 0.25) is 0 Å². The Morgan fingerprint density at radius 3 is 2.21 bits per heavy atom. The van der Waals surface area contributed by atoms with Crippen molar-refractivity contribution < 1.29 is 9.15 Å². The third-order valence-electron chi connectivity index (χ3n) is 3.85. The van der Waals surface area contributed by atoms with Gasteiger partial charge in [0, 0.05) is 0 Å². The van der Waals surface area contributed by atoms with Gasteiger partial charge in [-0.15, -0.1) is 0 Å². The van der Waals surface area contributed by atoms with Crippen molar-refractivity contribution in [2.24, 2.45) is 0 Å². The first-order chi connectivity index (χ1) is 11.9. The van der Waals surface area contributed by atoms with E-state index in [1.165, 1.54) is 8.92 Å². The van der Waals surface area contributed by atoms with Gasteiger partial charge in [-0.3, -0.25) is 0 Å². The van der Waals surface area contributed by atoms with Crippen LogP contribution in [-0.2, 0) is 0 Å². The van der Waals surface area contributed by atoms with Crippen molar-refractivity contribution in [1.29, 1.82) is 0 Å². The molecule has 0 radical (unpaired) electrons. The van der Waals surface area contributed by atoms with E-state index >= 15 is 0 Å². The van der Waals surface area contributed by atoms with E-state index in [1.807, 2.05) is 42.5 Å². The normalized spacial score (nSPS) is 10.9. The minimum absolute atomic E-state index is 0.131. The van der Waals surface area contributed by atoms with E-state index < -0.39 is 0 Å². The number of hydrogen-bond acceptors (Lipinski definition) is 2. The van der Waals surface area contributed by atoms with Crippen LogP contribution in [0.15, 0.2) is 83.3 Å². The number of furan rings is 1. The van der Waals surface area contributed by atoms with Crippen LogP contribution in [0.2, 0.25) is 0 Å². The van der Waals surface area contributed by atoms with Crippen LogP contribution in [0.1, 0.15) is 0 Å². The predicted octanol–water partition coefficient (Wildman–Crippen LogP) is 3.76. The monoisotopic (exact) mass is 380 g/mol. The molecule has 1 heterocycles. The van der Waals surface area contributed by atoms with Gasteiger partial charge in [-0.1, -0.05) is 0 Å². The van der Waals surface area contributed by atoms with Gasteiger partial charge in [0.05, 0.1) is 0 Å². The Morgan fingerprint density at radius 1 is 0.792 bits per heavy atom. The van der Waals surface area contributed by atoms with Crippen molar-refractivity contribution in [1.82, 2.24) is 0 Å². The van der Waals surface area contributed by atoms with Gasteiger partial charge in [-0.25, -0.2) is 0 Å². The molecule has 118 valence electrons. The number of benzene rings is 3. The molecule has 0 N–H and O–H groups in total. The van der Waals surface area contributed by atoms with Crippen molar-refractivity contribution in [2.75, 3.05) is 7.11 Å². The molecule has 0 saturated heterocycles.